The highest BCUT2D eigenvalue weighted by atomic mass is 16.6. The molecular weight excluding hydrogens is 128 g/mol. The Balaban J connectivity index is 2.35. The van der Waals surface area contributed by atoms with Gasteiger partial charge in [0, 0.05) is 6.42 Å². The van der Waals surface area contributed by atoms with Gasteiger partial charge in [0.1, 0.15) is 0 Å². The lowest BCUT2D eigenvalue weighted by atomic mass is 9.93. The summed E-state index contributed by atoms with van der Waals surface area (Å²) in [6.45, 7) is 4.18. The van der Waals surface area contributed by atoms with Gasteiger partial charge in [-0.1, -0.05) is 13.3 Å². The fourth-order valence-electron chi connectivity index (χ4n) is 1.56. The molecule has 0 spiro atoms. The van der Waals surface area contributed by atoms with E-state index in [9.17, 15) is 0 Å². The van der Waals surface area contributed by atoms with E-state index >= 15 is 0 Å². The number of rotatable bonds is 1. The van der Waals surface area contributed by atoms with Crippen LogP contribution in [0.2, 0.25) is 0 Å². The molecule has 1 aliphatic rings. The summed E-state index contributed by atoms with van der Waals surface area (Å²) in [7, 11) is 0. The van der Waals surface area contributed by atoms with E-state index in [1.54, 1.807) is 0 Å². The van der Waals surface area contributed by atoms with E-state index in [2.05, 4.69) is 6.92 Å². The molecule has 0 saturated carbocycles. The Labute approximate surface area is 62.2 Å². The molecule has 0 bridgehead atoms. The van der Waals surface area contributed by atoms with Crippen molar-refractivity contribution in [2.45, 2.75) is 45.5 Å². The largest absolute Gasteiger partial charge is 0.368 e. The summed E-state index contributed by atoms with van der Waals surface area (Å²) in [6, 6.07) is 0. The maximum absolute atomic E-state index is 9.16. The maximum Gasteiger partial charge on any atom is 0.155 e. The lowest BCUT2D eigenvalue weighted by molar-refractivity contribution is -0.171. The monoisotopic (exact) mass is 144 g/mol. The lowest BCUT2D eigenvalue weighted by Crippen LogP contribution is -2.30. The molecule has 1 aliphatic heterocycles. The second kappa shape index (κ2) is 3.35. The van der Waals surface area contributed by atoms with Crippen LogP contribution in [0.25, 0.3) is 0 Å². The molecule has 0 aliphatic carbocycles. The van der Waals surface area contributed by atoms with Crippen molar-refractivity contribution >= 4 is 0 Å². The van der Waals surface area contributed by atoms with Crippen molar-refractivity contribution in [2.24, 2.45) is 5.92 Å². The van der Waals surface area contributed by atoms with Crippen molar-refractivity contribution in [3.63, 3.8) is 0 Å². The van der Waals surface area contributed by atoms with Crippen LogP contribution < -0.4 is 0 Å². The number of aliphatic hydroxyl groups is 1. The van der Waals surface area contributed by atoms with E-state index < -0.39 is 6.29 Å². The molecule has 0 aromatic heterocycles. The summed E-state index contributed by atoms with van der Waals surface area (Å²) in [6.07, 6.45) is 2.82. The molecule has 0 aromatic carbocycles. The predicted octanol–water partition coefficient (Wildman–Crippen LogP) is 1.53. The first-order valence-corrected chi connectivity index (χ1v) is 4.06. The summed E-state index contributed by atoms with van der Waals surface area (Å²) < 4.78 is 5.17. The van der Waals surface area contributed by atoms with Gasteiger partial charge in [-0.05, 0) is 19.3 Å². The maximum atomic E-state index is 9.16. The molecule has 1 N–H and O–H groups in total. The molecular formula is C8H16O2. The van der Waals surface area contributed by atoms with E-state index in [-0.39, 0.29) is 6.10 Å². The minimum absolute atomic E-state index is 0.244. The highest BCUT2D eigenvalue weighted by molar-refractivity contribution is 4.69. The first-order valence-electron chi connectivity index (χ1n) is 4.06. The quantitative estimate of drug-likeness (QED) is 0.604. The first kappa shape index (κ1) is 8.02. The van der Waals surface area contributed by atoms with Gasteiger partial charge < -0.3 is 9.84 Å². The smallest absolute Gasteiger partial charge is 0.155 e. The summed E-state index contributed by atoms with van der Waals surface area (Å²) >= 11 is 0. The molecule has 60 valence electrons. The number of hydrogen-bond donors (Lipinski definition) is 1. The SMILES string of the molecule is CCC1C[C@@H](C)O[C@@H](O)C1. The molecule has 1 heterocycles. The minimum Gasteiger partial charge on any atom is -0.368 e. The van der Waals surface area contributed by atoms with Crippen LogP contribution in [0.5, 0.6) is 0 Å². The van der Waals surface area contributed by atoms with Crippen LogP contribution in [0.15, 0.2) is 0 Å². The van der Waals surface area contributed by atoms with Gasteiger partial charge in [-0.3, -0.25) is 0 Å². The van der Waals surface area contributed by atoms with E-state index in [4.69, 9.17) is 9.84 Å². The third kappa shape index (κ3) is 1.96. The highest BCUT2D eigenvalue weighted by Crippen LogP contribution is 2.25. The van der Waals surface area contributed by atoms with E-state index in [1.165, 1.54) is 0 Å². The van der Waals surface area contributed by atoms with Gasteiger partial charge in [0.2, 0.25) is 0 Å². The first-order chi connectivity index (χ1) is 4.72. The van der Waals surface area contributed by atoms with Gasteiger partial charge in [-0.2, -0.15) is 0 Å². The fourth-order valence-corrected chi connectivity index (χ4v) is 1.56. The third-order valence-corrected chi connectivity index (χ3v) is 2.17. The summed E-state index contributed by atoms with van der Waals surface area (Å²) in [5.41, 5.74) is 0. The zero-order chi connectivity index (χ0) is 7.56. The van der Waals surface area contributed by atoms with Crippen LogP contribution in [0.1, 0.15) is 33.1 Å². The molecule has 3 atom stereocenters. The van der Waals surface area contributed by atoms with Gasteiger partial charge in [0.15, 0.2) is 6.29 Å². The molecule has 10 heavy (non-hydrogen) atoms. The van der Waals surface area contributed by atoms with Crippen LogP contribution in [-0.4, -0.2) is 17.5 Å². The molecule has 1 saturated heterocycles. The molecule has 1 fully saturated rings. The van der Waals surface area contributed by atoms with Crippen LogP contribution in [0, 0.1) is 5.92 Å². The zero-order valence-electron chi connectivity index (χ0n) is 6.71. The standard InChI is InChI=1S/C8H16O2/c1-3-7-4-6(2)10-8(9)5-7/h6-9H,3-5H2,1-2H3/t6-,7?,8-/m1/s1. The van der Waals surface area contributed by atoms with Crippen molar-refractivity contribution in [2.75, 3.05) is 0 Å². The lowest BCUT2D eigenvalue weighted by Gasteiger charge is -2.30. The average Bonchev–Trinajstić information content (AvgIpc) is 1.85. The Morgan fingerprint density at radius 2 is 2.20 bits per heavy atom. The van der Waals surface area contributed by atoms with Gasteiger partial charge in [-0.25, -0.2) is 0 Å². The molecule has 1 unspecified atom stereocenters. The average molecular weight is 144 g/mol. The Bertz CT molecular complexity index is 93.4. The molecule has 0 radical (unpaired) electrons. The molecule has 2 nitrogen and oxygen atoms in total. The molecule has 0 aromatic rings. The van der Waals surface area contributed by atoms with Gasteiger partial charge in [0.25, 0.3) is 0 Å². The normalized spacial score (nSPS) is 41.7. The van der Waals surface area contributed by atoms with E-state index in [0.717, 1.165) is 19.3 Å². The number of aliphatic hydroxyl groups excluding tert-OH is 1. The molecule has 2 heteroatoms. The highest BCUT2D eigenvalue weighted by Gasteiger charge is 2.23. The number of hydrogen-bond acceptors (Lipinski definition) is 2. The van der Waals surface area contributed by atoms with E-state index in [1.807, 2.05) is 6.92 Å². The van der Waals surface area contributed by atoms with Gasteiger partial charge in [-0.15, -0.1) is 0 Å². The summed E-state index contributed by atoms with van der Waals surface area (Å²) in [4.78, 5) is 0. The second-order valence-corrected chi connectivity index (χ2v) is 3.15. The van der Waals surface area contributed by atoms with Crippen molar-refractivity contribution in [3.05, 3.63) is 0 Å². The van der Waals surface area contributed by atoms with Gasteiger partial charge >= 0.3 is 0 Å². The van der Waals surface area contributed by atoms with Crippen LogP contribution in [0.3, 0.4) is 0 Å². The summed E-state index contributed by atoms with van der Waals surface area (Å²) in [5.74, 6) is 0.666. The minimum atomic E-state index is -0.506. The number of ether oxygens (including phenoxy) is 1. The summed E-state index contributed by atoms with van der Waals surface area (Å²) in [5, 5.41) is 9.16. The topological polar surface area (TPSA) is 29.5 Å². The van der Waals surface area contributed by atoms with Crippen LogP contribution in [0.4, 0.5) is 0 Å². The Hall–Kier alpha value is -0.0800. The van der Waals surface area contributed by atoms with E-state index in [0.29, 0.717) is 5.92 Å². The molecule has 0 amide bonds. The van der Waals surface area contributed by atoms with Crippen molar-refractivity contribution in [1.82, 2.24) is 0 Å². The zero-order valence-corrected chi connectivity index (χ0v) is 6.71. The predicted molar refractivity (Wildman–Crippen MR) is 39.6 cm³/mol. The van der Waals surface area contributed by atoms with Crippen LogP contribution >= 0.6 is 0 Å². The Morgan fingerprint density at radius 1 is 1.50 bits per heavy atom. The second-order valence-electron chi connectivity index (χ2n) is 3.15. The third-order valence-electron chi connectivity index (χ3n) is 2.17. The van der Waals surface area contributed by atoms with Crippen LogP contribution in [-0.2, 0) is 4.74 Å². The Kier molecular flexibility index (Phi) is 2.69. The van der Waals surface area contributed by atoms with Crippen molar-refractivity contribution < 1.29 is 9.84 Å². The van der Waals surface area contributed by atoms with Crippen molar-refractivity contribution in [1.29, 1.82) is 0 Å². The molecule has 1 rings (SSSR count). The fraction of sp³-hybridized carbons (Fsp3) is 1.00. The Morgan fingerprint density at radius 3 is 2.70 bits per heavy atom. The van der Waals surface area contributed by atoms with Crippen molar-refractivity contribution in [3.8, 4) is 0 Å². The van der Waals surface area contributed by atoms with Gasteiger partial charge in [0.05, 0.1) is 6.10 Å².